The van der Waals surface area contributed by atoms with E-state index in [2.05, 4.69) is 16.0 Å². The van der Waals surface area contributed by atoms with Gasteiger partial charge in [-0.1, -0.05) is 6.07 Å². The van der Waals surface area contributed by atoms with Gasteiger partial charge in [-0.3, -0.25) is 9.59 Å². The first-order valence-corrected chi connectivity index (χ1v) is 9.00. The van der Waals surface area contributed by atoms with E-state index in [0.29, 0.717) is 36.5 Å². The average Bonchev–Trinajstić information content (AvgIpc) is 2.88. The summed E-state index contributed by atoms with van der Waals surface area (Å²) in [5, 5.41) is 9.40. The second-order valence-corrected chi connectivity index (χ2v) is 7.12. The van der Waals surface area contributed by atoms with Gasteiger partial charge in [0, 0.05) is 36.3 Å². The van der Waals surface area contributed by atoms with Crippen LogP contribution in [-0.4, -0.2) is 30.4 Å². The van der Waals surface area contributed by atoms with Gasteiger partial charge in [0.05, 0.1) is 0 Å². The third-order valence-electron chi connectivity index (χ3n) is 5.16. The van der Waals surface area contributed by atoms with Crippen molar-refractivity contribution in [1.29, 1.82) is 0 Å². The minimum absolute atomic E-state index is 0.0532. The Morgan fingerprint density at radius 2 is 1.92 bits per heavy atom. The van der Waals surface area contributed by atoms with Crippen LogP contribution in [-0.2, 0) is 4.79 Å². The number of fused-ring (bicyclic) bond motifs is 2. The van der Waals surface area contributed by atoms with Crippen molar-refractivity contribution in [3.8, 4) is 0 Å². The van der Waals surface area contributed by atoms with Crippen molar-refractivity contribution in [3.63, 3.8) is 0 Å². The summed E-state index contributed by atoms with van der Waals surface area (Å²) < 4.78 is 0. The topological polar surface area (TPSA) is 70.2 Å². The Morgan fingerprint density at radius 3 is 2.58 bits per heavy atom. The zero-order valence-corrected chi connectivity index (χ0v) is 14.5. The highest BCUT2D eigenvalue weighted by atomic mass is 16.2. The number of nitrogens with one attached hydrogen (secondary N) is 3. The predicted molar refractivity (Wildman–Crippen MR) is 95.1 cm³/mol. The lowest BCUT2D eigenvalue weighted by Crippen LogP contribution is -2.39. The van der Waals surface area contributed by atoms with Crippen LogP contribution in [0.15, 0.2) is 18.2 Å². The number of anilines is 1. The summed E-state index contributed by atoms with van der Waals surface area (Å²) in [6.45, 7) is 4.43. The SMILES string of the molecule is CCNC(=O)c1ccc(C)c(NC(=O)CC2CC3CCC(C2)N3)c1. The maximum atomic E-state index is 12.4. The number of carbonyl (C=O) groups excluding carboxylic acids is 2. The number of benzene rings is 1. The molecule has 2 atom stereocenters. The summed E-state index contributed by atoms with van der Waals surface area (Å²) in [5.74, 6) is 0.413. The molecule has 24 heavy (non-hydrogen) atoms. The van der Waals surface area contributed by atoms with Crippen molar-refractivity contribution >= 4 is 17.5 Å². The molecule has 2 unspecified atom stereocenters. The fourth-order valence-corrected chi connectivity index (χ4v) is 3.97. The average molecular weight is 329 g/mol. The zero-order chi connectivity index (χ0) is 17.1. The van der Waals surface area contributed by atoms with Gasteiger partial charge in [0.15, 0.2) is 0 Å². The summed E-state index contributed by atoms with van der Waals surface area (Å²) in [7, 11) is 0. The van der Waals surface area contributed by atoms with Gasteiger partial charge in [0.1, 0.15) is 0 Å². The molecular formula is C19H27N3O2. The van der Waals surface area contributed by atoms with E-state index in [1.807, 2.05) is 19.9 Å². The zero-order valence-electron chi connectivity index (χ0n) is 14.5. The van der Waals surface area contributed by atoms with Crippen LogP contribution in [0.3, 0.4) is 0 Å². The van der Waals surface area contributed by atoms with Gasteiger partial charge in [-0.15, -0.1) is 0 Å². The molecule has 0 aromatic heterocycles. The highest BCUT2D eigenvalue weighted by Gasteiger charge is 2.34. The first kappa shape index (κ1) is 17.0. The highest BCUT2D eigenvalue weighted by molar-refractivity contribution is 5.97. The molecule has 2 fully saturated rings. The van der Waals surface area contributed by atoms with Crippen molar-refractivity contribution in [2.45, 2.75) is 58.0 Å². The Balaban J connectivity index is 1.61. The van der Waals surface area contributed by atoms with E-state index in [4.69, 9.17) is 0 Å². The summed E-state index contributed by atoms with van der Waals surface area (Å²) >= 11 is 0. The third kappa shape index (κ3) is 3.96. The van der Waals surface area contributed by atoms with Gasteiger partial charge < -0.3 is 16.0 Å². The lowest BCUT2D eigenvalue weighted by molar-refractivity contribution is -0.117. The molecule has 3 rings (SSSR count). The van der Waals surface area contributed by atoms with Gasteiger partial charge in [-0.25, -0.2) is 0 Å². The van der Waals surface area contributed by atoms with E-state index < -0.39 is 0 Å². The number of hydrogen-bond acceptors (Lipinski definition) is 3. The van der Waals surface area contributed by atoms with Crippen LogP contribution in [0, 0.1) is 12.8 Å². The Hall–Kier alpha value is -1.88. The second kappa shape index (κ2) is 7.34. The fourth-order valence-electron chi connectivity index (χ4n) is 3.97. The van der Waals surface area contributed by atoms with Crippen LogP contribution < -0.4 is 16.0 Å². The van der Waals surface area contributed by atoms with Crippen molar-refractivity contribution in [3.05, 3.63) is 29.3 Å². The van der Waals surface area contributed by atoms with Crippen molar-refractivity contribution < 1.29 is 9.59 Å². The van der Waals surface area contributed by atoms with Crippen LogP contribution >= 0.6 is 0 Å². The Morgan fingerprint density at radius 1 is 1.21 bits per heavy atom. The molecule has 2 aliphatic heterocycles. The van der Waals surface area contributed by atoms with E-state index in [-0.39, 0.29) is 11.8 Å². The second-order valence-electron chi connectivity index (χ2n) is 7.12. The molecule has 5 nitrogen and oxygen atoms in total. The standard InChI is InChI=1S/C19H27N3O2/c1-3-20-19(24)14-5-4-12(2)17(11-14)22-18(23)10-13-8-15-6-7-16(9-13)21-15/h4-5,11,13,15-16,21H,3,6-10H2,1-2H3,(H,20,24)(H,22,23). The molecule has 2 bridgehead atoms. The van der Waals surface area contributed by atoms with Gasteiger partial charge in [-0.05, 0) is 63.1 Å². The largest absolute Gasteiger partial charge is 0.352 e. The minimum Gasteiger partial charge on any atom is -0.352 e. The normalized spacial score (nSPS) is 25.3. The summed E-state index contributed by atoms with van der Waals surface area (Å²) in [6, 6.07) is 6.64. The molecule has 0 spiro atoms. The molecule has 1 aromatic rings. The lowest BCUT2D eigenvalue weighted by atomic mass is 9.89. The molecule has 2 heterocycles. The van der Waals surface area contributed by atoms with Crippen molar-refractivity contribution in [1.82, 2.24) is 10.6 Å². The predicted octanol–water partition coefficient (Wildman–Crippen LogP) is 2.60. The third-order valence-corrected chi connectivity index (χ3v) is 5.16. The van der Waals surface area contributed by atoms with Crippen LogP contribution in [0.1, 0.15) is 54.9 Å². The number of rotatable bonds is 5. The van der Waals surface area contributed by atoms with E-state index in [9.17, 15) is 9.59 Å². The summed E-state index contributed by atoms with van der Waals surface area (Å²) in [6.07, 6.45) is 5.26. The molecule has 1 aromatic carbocycles. The monoisotopic (exact) mass is 329 g/mol. The molecule has 3 N–H and O–H groups in total. The molecule has 2 aliphatic rings. The van der Waals surface area contributed by atoms with E-state index in [0.717, 1.165) is 24.1 Å². The first-order chi connectivity index (χ1) is 11.5. The summed E-state index contributed by atoms with van der Waals surface area (Å²) in [4.78, 5) is 24.4. The van der Waals surface area contributed by atoms with Gasteiger partial charge in [0.2, 0.25) is 5.91 Å². The summed E-state index contributed by atoms with van der Waals surface area (Å²) in [5.41, 5.74) is 2.29. The molecular weight excluding hydrogens is 302 g/mol. The molecule has 0 saturated carbocycles. The van der Waals surface area contributed by atoms with Crippen molar-refractivity contribution in [2.24, 2.45) is 5.92 Å². The van der Waals surface area contributed by atoms with E-state index in [1.54, 1.807) is 12.1 Å². The Labute approximate surface area is 143 Å². The molecule has 2 amide bonds. The smallest absolute Gasteiger partial charge is 0.251 e. The number of hydrogen-bond donors (Lipinski definition) is 3. The number of amides is 2. The van der Waals surface area contributed by atoms with Crippen LogP contribution in [0.2, 0.25) is 0 Å². The van der Waals surface area contributed by atoms with Gasteiger partial charge in [-0.2, -0.15) is 0 Å². The number of aryl methyl sites for hydroxylation is 1. The van der Waals surface area contributed by atoms with Crippen LogP contribution in [0.4, 0.5) is 5.69 Å². The first-order valence-electron chi connectivity index (χ1n) is 9.00. The van der Waals surface area contributed by atoms with Gasteiger partial charge >= 0.3 is 0 Å². The molecule has 0 radical (unpaired) electrons. The quantitative estimate of drug-likeness (QED) is 0.778. The van der Waals surface area contributed by atoms with Gasteiger partial charge in [0.25, 0.3) is 5.91 Å². The van der Waals surface area contributed by atoms with Crippen molar-refractivity contribution in [2.75, 3.05) is 11.9 Å². The van der Waals surface area contributed by atoms with Crippen LogP contribution in [0.5, 0.6) is 0 Å². The van der Waals surface area contributed by atoms with E-state index >= 15 is 0 Å². The van der Waals surface area contributed by atoms with Crippen LogP contribution in [0.25, 0.3) is 0 Å². The fraction of sp³-hybridized carbons (Fsp3) is 0.579. The lowest BCUT2D eigenvalue weighted by Gasteiger charge is -2.28. The molecule has 130 valence electrons. The molecule has 0 aliphatic carbocycles. The minimum atomic E-state index is -0.108. The Bertz CT molecular complexity index is 617. The highest BCUT2D eigenvalue weighted by Crippen LogP contribution is 2.33. The molecule has 5 heteroatoms. The maximum Gasteiger partial charge on any atom is 0.251 e. The number of piperidine rings is 1. The molecule has 2 saturated heterocycles. The van der Waals surface area contributed by atoms with E-state index in [1.165, 1.54) is 12.8 Å². The Kier molecular flexibility index (Phi) is 5.19. The maximum absolute atomic E-state index is 12.4. The number of carbonyl (C=O) groups is 2.